The molecule has 1 aliphatic heterocycles. The molecule has 0 aromatic heterocycles. The van der Waals surface area contributed by atoms with Crippen molar-refractivity contribution in [1.82, 2.24) is 5.32 Å². The van der Waals surface area contributed by atoms with Crippen LogP contribution in [0.3, 0.4) is 0 Å². The summed E-state index contributed by atoms with van der Waals surface area (Å²) in [5, 5.41) is 3.23. The normalized spacial score (nSPS) is 14.0. The van der Waals surface area contributed by atoms with E-state index in [1.165, 1.54) is 9.87 Å². The van der Waals surface area contributed by atoms with Crippen molar-refractivity contribution in [2.45, 2.75) is 24.9 Å². The number of fused-ring (bicyclic) bond motifs is 1. The topological polar surface area (TPSA) is 49.4 Å². The fraction of sp³-hybridized carbons (Fsp3) is 0.250. The molecule has 110 valence electrons. The van der Waals surface area contributed by atoms with E-state index >= 15 is 0 Å². The SMILES string of the molecule is CCN(c1ccccc1)S(=O)(=O)c1ccc2c(c1)CNC2. The minimum absolute atomic E-state index is 0.357. The summed E-state index contributed by atoms with van der Waals surface area (Å²) < 4.78 is 27.2. The molecule has 0 saturated carbocycles. The predicted octanol–water partition coefficient (Wildman–Crippen LogP) is 2.51. The molecule has 0 saturated heterocycles. The number of rotatable bonds is 4. The number of hydrogen-bond donors (Lipinski definition) is 1. The Bertz CT molecular complexity index is 742. The van der Waals surface area contributed by atoms with E-state index in [2.05, 4.69) is 5.32 Å². The molecule has 0 radical (unpaired) electrons. The molecule has 0 amide bonds. The van der Waals surface area contributed by atoms with Crippen molar-refractivity contribution in [1.29, 1.82) is 0 Å². The number of para-hydroxylation sites is 1. The van der Waals surface area contributed by atoms with Gasteiger partial charge < -0.3 is 5.32 Å². The lowest BCUT2D eigenvalue weighted by Gasteiger charge is -2.23. The van der Waals surface area contributed by atoms with E-state index in [4.69, 9.17) is 0 Å². The van der Waals surface area contributed by atoms with Gasteiger partial charge in [0.2, 0.25) is 0 Å². The van der Waals surface area contributed by atoms with Gasteiger partial charge in [-0.15, -0.1) is 0 Å². The van der Waals surface area contributed by atoms with E-state index < -0.39 is 10.0 Å². The van der Waals surface area contributed by atoms with Crippen molar-refractivity contribution >= 4 is 15.7 Å². The minimum Gasteiger partial charge on any atom is -0.309 e. The van der Waals surface area contributed by atoms with Crippen LogP contribution in [0, 0.1) is 0 Å². The molecular weight excluding hydrogens is 284 g/mol. The second kappa shape index (κ2) is 5.50. The van der Waals surface area contributed by atoms with Gasteiger partial charge in [0.05, 0.1) is 10.6 Å². The van der Waals surface area contributed by atoms with Gasteiger partial charge in [-0.3, -0.25) is 4.31 Å². The van der Waals surface area contributed by atoms with Gasteiger partial charge in [-0.1, -0.05) is 24.3 Å². The molecule has 0 fully saturated rings. The highest BCUT2D eigenvalue weighted by molar-refractivity contribution is 7.92. The van der Waals surface area contributed by atoms with E-state index in [0.29, 0.717) is 17.1 Å². The molecule has 1 N–H and O–H groups in total. The van der Waals surface area contributed by atoms with Crippen LogP contribution in [-0.4, -0.2) is 15.0 Å². The monoisotopic (exact) mass is 302 g/mol. The largest absolute Gasteiger partial charge is 0.309 e. The molecule has 2 aromatic carbocycles. The van der Waals surface area contributed by atoms with Crippen LogP contribution in [0.5, 0.6) is 0 Å². The van der Waals surface area contributed by atoms with E-state index in [0.717, 1.165) is 18.7 Å². The molecule has 0 bridgehead atoms. The van der Waals surface area contributed by atoms with E-state index in [9.17, 15) is 8.42 Å². The Morgan fingerprint density at radius 2 is 1.76 bits per heavy atom. The number of benzene rings is 2. The van der Waals surface area contributed by atoms with E-state index in [1.54, 1.807) is 12.1 Å². The zero-order valence-corrected chi connectivity index (χ0v) is 12.7. The lowest BCUT2D eigenvalue weighted by Crippen LogP contribution is -2.30. The van der Waals surface area contributed by atoms with E-state index in [-0.39, 0.29) is 0 Å². The van der Waals surface area contributed by atoms with Crippen LogP contribution in [0.4, 0.5) is 5.69 Å². The first-order chi connectivity index (χ1) is 10.1. The number of nitrogens with one attached hydrogen (secondary N) is 1. The number of anilines is 1. The van der Waals surface area contributed by atoms with Crippen molar-refractivity contribution in [3.05, 3.63) is 59.7 Å². The van der Waals surface area contributed by atoms with Gasteiger partial charge >= 0.3 is 0 Å². The molecule has 3 rings (SSSR count). The maximum absolute atomic E-state index is 12.9. The van der Waals surface area contributed by atoms with Gasteiger partial charge in [0.25, 0.3) is 10.0 Å². The lowest BCUT2D eigenvalue weighted by molar-refractivity contribution is 0.591. The van der Waals surface area contributed by atoms with Gasteiger partial charge in [0.1, 0.15) is 0 Å². The Morgan fingerprint density at radius 1 is 1.05 bits per heavy atom. The highest BCUT2D eigenvalue weighted by Crippen LogP contribution is 2.26. The van der Waals surface area contributed by atoms with Crippen LogP contribution in [0.2, 0.25) is 0 Å². The summed E-state index contributed by atoms with van der Waals surface area (Å²) in [6.07, 6.45) is 0. The Balaban J connectivity index is 2.03. The van der Waals surface area contributed by atoms with Gasteiger partial charge in [-0.05, 0) is 42.3 Å². The summed E-state index contributed by atoms with van der Waals surface area (Å²) in [5.74, 6) is 0. The number of nitrogens with zero attached hydrogens (tertiary/aromatic N) is 1. The van der Waals surface area contributed by atoms with Gasteiger partial charge in [0.15, 0.2) is 0 Å². The highest BCUT2D eigenvalue weighted by atomic mass is 32.2. The molecule has 1 aliphatic rings. The third-order valence-corrected chi connectivity index (χ3v) is 5.63. The van der Waals surface area contributed by atoms with Crippen molar-refractivity contribution < 1.29 is 8.42 Å². The molecule has 5 heteroatoms. The van der Waals surface area contributed by atoms with Crippen LogP contribution in [-0.2, 0) is 23.1 Å². The van der Waals surface area contributed by atoms with Crippen LogP contribution >= 0.6 is 0 Å². The first-order valence-corrected chi connectivity index (χ1v) is 8.47. The third-order valence-electron chi connectivity index (χ3n) is 3.73. The van der Waals surface area contributed by atoms with Crippen LogP contribution < -0.4 is 9.62 Å². The Labute approximate surface area is 125 Å². The molecule has 0 spiro atoms. The third kappa shape index (κ3) is 2.54. The van der Waals surface area contributed by atoms with Crippen LogP contribution in [0.1, 0.15) is 18.1 Å². The zero-order valence-electron chi connectivity index (χ0n) is 11.9. The smallest absolute Gasteiger partial charge is 0.264 e. The summed E-state index contributed by atoms with van der Waals surface area (Å²) in [7, 11) is -3.52. The van der Waals surface area contributed by atoms with Crippen molar-refractivity contribution in [3.63, 3.8) is 0 Å². The Kier molecular flexibility index (Phi) is 3.69. The average Bonchev–Trinajstić information content (AvgIpc) is 2.96. The van der Waals surface area contributed by atoms with Crippen LogP contribution in [0.15, 0.2) is 53.4 Å². The van der Waals surface area contributed by atoms with E-state index in [1.807, 2.05) is 43.3 Å². The maximum Gasteiger partial charge on any atom is 0.264 e. The van der Waals surface area contributed by atoms with Crippen LogP contribution in [0.25, 0.3) is 0 Å². The molecule has 0 atom stereocenters. The molecule has 0 aliphatic carbocycles. The van der Waals surface area contributed by atoms with Crippen molar-refractivity contribution in [2.75, 3.05) is 10.8 Å². The zero-order chi connectivity index (χ0) is 14.9. The Morgan fingerprint density at radius 3 is 2.48 bits per heavy atom. The molecule has 21 heavy (non-hydrogen) atoms. The van der Waals surface area contributed by atoms with Crippen molar-refractivity contribution in [2.24, 2.45) is 0 Å². The minimum atomic E-state index is -3.52. The number of sulfonamides is 1. The van der Waals surface area contributed by atoms with Gasteiger partial charge in [-0.25, -0.2) is 8.42 Å². The van der Waals surface area contributed by atoms with Gasteiger partial charge in [0, 0.05) is 19.6 Å². The summed E-state index contributed by atoms with van der Waals surface area (Å²) in [6, 6.07) is 14.6. The lowest BCUT2D eigenvalue weighted by atomic mass is 10.1. The quantitative estimate of drug-likeness (QED) is 0.944. The standard InChI is InChI=1S/C16H18N2O2S/c1-2-18(15-6-4-3-5-7-15)21(19,20)16-9-8-13-11-17-12-14(13)10-16/h3-10,17H,2,11-12H2,1H3. The second-order valence-corrected chi connectivity index (χ2v) is 6.90. The molecule has 4 nitrogen and oxygen atoms in total. The predicted molar refractivity (Wildman–Crippen MR) is 83.6 cm³/mol. The summed E-state index contributed by atoms with van der Waals surface area (Å²) >= 11 is 0. The summed E-state index contributed by atoms with van der Waals surface area (Å²) in [6.45, 7) is 3.79. The number of hydrogen-bond acceptors (Lipinski definition) is 3. The first-order valence-electron chi connectivity index (χ1n) is 7.03. The Hall–Kier alpha value is -1.85. The fourth-order valence-corrected chi connectivity index (χ4v) is 4.17. The van der Waals surface area contributed by atoms with Gasteiger partial charge in [-0.2, -0.15) is 0 Å². The second-order valence-electron chi connectivity index (χ2n) is 5.04. The summed E-state index contributed by atoms with van der Waals surface area (Å²) in [5.41, 5.74) is 2.94. The highest BCUT2D eigenvalue weighted by Gasteiger charge is 2.25. The molecule has 0 unspecified atom stereocenters. The molecular formula is C16H18N2O2S. The average molecular weight is 302 g/mol. The first kappa shape index (κ1) is 14.1. The summed E-state index contributed by atoms with van der Waals surface area (Å²) in [4.78, 5) is 0.357. The van der Waals surface area contributed by atoms with Crippen molar-refractivity contribution in [3.8, 4) is 0 Å². The fourth-order valence-electron chi connectivity index (χ4n) is 2.64. The molecule has 1 heterocycles. The molecule has 2 aromatic rings. The maximum atomic E-state index is 12.9.